The molecule has 0 radical (unpaired) electrons. The van der Waals surface area contributed by atoms with E-state index in [4.69, 9.17) is 0 Å². The van der Waals surface area contributed by atoms with Gasteiger partial charge in [0.25, 0.3) is 0 Å². The second-order valence-corrected chi connectivity index (χ2v) is 4.66. The second kappa shape index (κ2) is 3.20. The molecule has 0 saturated carbocycles. The smallest absolute Gasteiger partial charge is 0.246 e. The van der Waals surface area contributed by atoms with E-state index >= 15 is 0 Å². The van der Waals surface area contributed by atoms with Crippen LogP contribution >= 0.6 is 11.3 Å². The quantitative estimate of drug-likeness (QED) is 0.697. The zero-order chi connectivity index (χ0) is 10.3. The number of carbonyl (C=O) groups excluding carboxylic acids is 1. The topological polar surface area (TPSA) is 41.5 Å². The van der Waals surface area contributed by atoms with Crippen molar-refractivity contribution in [2.24, 2.45) is 4.99 Å². The molecule has 14 heavy (non-hydrogen) atoms. The van der Waals surface area contributed by atoms with E-state index in [1.165, 1.54) is 10.4 Å². The van der Waals surface area contributed by atoms with E-state index in [1.807, 2.05) is 6.92 Å². The average Bonchev–Trinajstić information content (AvgIpc) is 2.29. The standard InChI is InChI=1S/C10H12N2OS/c1-5-7(3)14-10-9(5)6(2)11-4-8(13)12-10/h4H2,1-3H3,(H,12,13). The number of fused-ring (bicyclic) bond motifs is 1. The Morgan fingerprint density at radius 1 is 1.36 bits per heavy atom. The summed E-state index contributed by atoms with van der Waals surface area (Å²) in [4.78, 5) is 16.8. The molecule has 0 bridgehead atoms. The Kier molecular flexibility index (Phi) is 2.15. The molecule has 0 spiro atoms. The molecular weight excluding hydrogens is 196 g/mol. The summed E-state index contributed by atoms with van der Waals surface area (Å²) in [6.45, 7) is 6.33. The number of aryl methyl sites for hydroxylation is 1. The maximum absolute atomic E-state index is 11.3. The Morgan fingerprint density at radius 3 is 2.79 bits per heavy atom. The third-order valence-corrected chi connectivity index (χ3v) is 3.58. The molecule has 1 aliphatic heterocycles. The molecule has 0 fully saturated rings. The highest BCUT2D eigenvalue weighted by atomic mass is 32.1. The van der Waals surface area contributed by atoms with Crippen LogP contribution < -0.4 is 5.32 Å². The first-order valence-corrected chi connectivity index (χ1v) is 5.32. The maximum Gasteiger partial charge on any atom is 0.246 e. The SMILES string of the molecule is CC1=NCC(=O)Nc2sc(C)c(C)c21. The van der Waals surface area contributed by atoms with Crippen LogP contribution in [-0.2, 0) is 4.79 Å². The molecule has 1 amide bonds. The third-order valence-electron chi connectivity index (χ3n) is 2.46. The van der Waals surface area contributed by atoms with E-state index in [0.717, 1.165) is 16.3 Å². The number of aliphatic imine (C=N–C) groups is 1. The van der Waals surface area contributed by atoms with Gasteiger partial charge < -0.3 is 5.32 Å². The van der Waals surface area contributed by atoms with E-state index in [2.05, 4.69) is 24.2 Å². The van der Waals surface area contributed by atoms with Crippen LogP contribution in [0, 0.1) is 13.8 Å². The van der Waals surface area contributed by atoms with E-state index in [-0.39, 0.29) is 12.5 Å². The Balaban J connectivity index is 2.63. The van der Waals surface area contributed by atoms with E-state index in [9.17, 15) is 4.79 Å². The molecule has 0 atom stereocenters. The molecule has 2 heterocycles. The number of carbonyl (C=O) groups is 1. The predicted molar refractivity (Wildman–Crippen MR) is 59.5 cm³/mol. The summed E-state index contributed by atoms with van der Waals surface area (Å²) >= 11 is 1.62. The van der Waals surface area contributed by atoms with Crippen molar-refractivity contribution in [1.82, 2.24) is 0 Å². The first-order chi connectivity index (χ1) is 6.59. The first kappa shape index (κ1) is 9.40. The van der Waals surface area contributed by atoms with Crippen molar-refractivity contribution in [2.75, 3.05) is 11.9 Å². The molecule has 1 N–H and O–H groups in total. The molecule has 1 aromatic heterocycles. The number of anilines is 1. The molecule has 4 heteroatoms. The molecule has 0 aliphatic carbocycles. The van der Waals surface area contributed by atoms with Crippen molar-refractivity contribution in [3.63, 3.8) is 0 Å². The number of rotatable bonds is 0. The zero-order valence-electron chi connectivity index (χ0n) is 8.47. The van der Waals surface area contributed by atoms with Gasteiger partial charge in [-0.2, -0.15) is 0 Å². The highest BCUT2D eigenvalue weighted by Crippen LogP contribution is 2.33. The van der Waals surface area contributed by atoms with Crippen LogP contribution in [-0.4, -0.2) is 18.2 Å². The van der Waals surface area contributed by atoms with Crippen molar-refractivity contribution < 1.29 is 4.79 Å². The lowest BCUT2D eigenvalue weighted by Gasteiger charge is -2.00. The van der Waals surface area contributed by atoms with Gasteiger partial charge in [-0.15, -0.1) is 11.3 Å². The fourth-order valence-corrected chi connectivity index (χ4v) is 2.72. The fourth-order valence-electron chi connectivity index (χ4n) is 1.59. The normalized spacial score (nSPS) is 15.6. The number of nitrogens with one attached hydrogen (secondary N) is 1. The lowest BCUT2D eigenvalue weighted by molar-refractivity contribution is -0.114. The van der Waals surface area contributed by atoms with Gasteiger partial charge in [0.2, 0.25) is 5.91 Å². The van der Waals surface area contributed by atoms with Crippen molar-refractivity contribution in [1.29, 1.82) is 0 Å². The van der Waals surface area contributed by atoms with Crippen LogP contribution in [0.25, 0.3) is 0 Å². The highest BCUT2D eigenvalue weighted by Gasteiger charge is 2.19. The summed E-state index contributed by atoms with van der Waals surface area (Å²) in [6.07, 6.45) is 0. The monoisotopic (exact) mass is 208 g/mol. The van der Waals surface area contributed by atoms with Gasteiger partial charge in [-0.25, -0.2) is 0 Å². The highest BCUT2D eigenvalue weighted by molar-refractivity contribution is 7.16. The predicted octanol–water partition coefficient (Wildman–Crippen LogP) is 2.13. The number of amides is 1. The average molecular weight is 208 g/mol. The van der Waals surface area contributed by atoms with Crippen LogP contribution in [0.3, 0.4) is 0 Å². The summed E-state index contributed by atoms with van der Waals surface area (Å²) in [5.41, 5.74) is 3.30. The Morgan fingerprint density at radius 2 is 2.07 bits per heavy atom. The summed E-state index contributed by atoms with van der Waals surface area (Å²) in [5.74, 6) is -0.0237. The van der Waals surface area contributed by atoms with Crippen LogP contribution in [0.4, 0.5) is 5.00 Å². The summed E-state index contributed by atoms with van der Waals surface area (Å²) in [7, 11) is 0. The molecular formula is C10H12N2OS. The van der Waals surface area contributed by atoms with Gasteiger partial charge in [0.1, 0.15) is 11.5 Å². The zero-order valence-corrected chi connectivity index (χ0v) is 9.29. The minimum atomic E-state index is -0.0237. The fraction of sp³-hybridized carbons (Fsp3) is 0.400. The van der Waals surface area contributed by atoms with Gasteiger partial charge >= 0.3 is 0 Å². The number of hydrogen-bond donors (Lipinski definition) is 1. The minimum absolute atomic E-state index is 0.0237. The summed E-state index contributed by atoms with van der Waals surface area (Å²) in [5, 5.41) is 3.83. The van der Waals surface area contributed by atoms with Gasteiger partial charge in [-0.3, -0.25) is 9.79 Å². The molecule has 1 aliphatic rings. The molecule has 0 unspecified atom stereocenters. The number of nitrogens with zero attached hydrogens (tertiary/aromatic N) is 1. The van der Waals surface area contributed by atoms with Gasteiger partial charge in [0, 0.05) is 16.2 Å². The van der Waals surface area contributed by atoms with Crippen molar-refractivity contribution in [3.05, 3.63) is 16.0 Å². The van der Waals surface area contributed by atoms with Crippen molar-refractivity contribution in [2.45, 2.75) is 20.8 Å². The molecule has 0 saturated heterocycles. The van der Waals surface area contributed by atoms with Crippen LogP contribution in [0.2, 0.25) is 0 Å². The molecule has 0 aromatic carbocycles. The van der Waals surface area contributed by atoms with Crippen LogP contribution in [0.1, 0.15) is 22.9 Å². The van der Waals surface area contributed by atoms with E-state index < -0.39 is 0 Å². The molecule has 74 valence electrons. The lowest BCUT2D eigenvalue weighted by atomic mass is 10.1. The molecule has 2 rings (SSSR count). The van der Waals surface area contributed by atoms with Gasteiger partial charge in [0.15, 0.2) is 0 Å². The Bertz CT molecular complexity index is 432. The minimum Gasteiger partial charge on any atom is -0.316 e. The van der Waals surface area contributed by atoms with E-state index in [1.54, 1.807) is 11.3 Å². The summed E-state index contributed by atoms with van der Waals surface area (Å²) < 4.78 is 0. The summed E-state index contributed by atoms with van der Waals surface area (Å²) in [6, 6.07) is 0. The van der Waals surface area contributed by atoms with Crippen LogP contribution in [0.15, 0.2) is 4.99 Å². The number of thiophene rings is 1. The second-order valence-electron chi connectivity index (χ2n) is 3.44. The third kappa shape index (κ3) is 1.35. The molecule has 3 nitrogen and oxygen atoms in total. The maximum atomic E-state index is 11.3. The van der Waals surface area contributed by atoms with Gasteiger partial charge in [-0.1, -0.05) is 0 Å². The Hall–Kier alpha value is -1.16. The van der Waals surface area contributed by atoms with Gasteiger partial charge in [0.05, 0.1) is 0 Å². The van der Waals surface area contributed by atoms with Crippen molar-refractivity contribution in [3.8, 4) is 0 Å². The van der Waals surface area contributed by atoms with Gasteiger partial charge in [-0.05, 0) is 26.3 Å². The van der Waals surface area contributed by atoms with E-state index in [0.29, 0.717) is 0 Å². The number of hydrogen-bond acceptors (Lipinski definition) is 3. The van der Waals surface area contributed by atoms with Crippen molar-refractivity contribution >= 4 is 28.0 Å². The lowest BCUT2D eigenvalue weighted by Crippen LogP contribution is -2.12. The molecule has 1 aromatic rings. The Labute approximate surface area is 86.9 Å². The van der Waals surface area contributed by atoms with Crippen LogP contribution in [0.5, 0.6) is 0 Å². The largest absolute Gasteiger partial charge is 0.316 e. The first-order valence-electron chi connectivity index (χ1n) is 4.51.